The fourth-order valence-corrected chi connectivity index (χ4v) is 4.27. The first-order valence-corrected chi connectivity index (χ1v) is 6.98. The van der Waals surface area contributed by atoms with Crippen LogP contribution in [-0.2, 0) is 4.79 Å². The van der Waals surface area contributed by atoms with E-state index in [-0.39, 0.29) is 11.3 Å². The van der Waals surface area contributed by atoms with Crippen molar-refractivity contribution in [3.63, 3.8) is 0 Å². The number of rotatable bonds is 2. The molecule has 1 saturated heterocycles. The second-order valence-corrected chi connectivity index (χ2v) is 6.59. The average molecular weight is 302 g/mol. The van der Waals surface area contributed by atoms with E-state index in [1.807, 2.05) is 12.1 Å². The van der Waals surface area contributed by atoms with Gasteiger partial charge in [-0.1, -0.05) is 5.92 Å². The predicted octanol–water partition coefficient (Wildman–Crippen LogP) is 2.72. The maximum Gasteiger partial charge on any atom is 0.234 e. The van der Waals surface area contributed by atoms with E-state index in [0.29, 0.717) is 12.3 Å². The molecule has 1 aromatic heterocycles. The van der Waals surface area contributed by atoms with Crippen molar-refractivity contribution in [1.29, 1.82) is 0 Å². The molecule has 0 N–H and O–H groups in total. The van der Waals surface area contributed by atoms with E-state index < -0.39 is 0 Å². The highest BCUT2D eigenvalue weighted by molar-refractivity contribution is 9.11. The highest BCUT2D eigenvalue weighted by Gasteiger charge is 2.32. The van der Waals surface area contributed by atoms with Gasteiger partial charge < -0.3 is 4.90 Å². The molecule has 2 heterocycles. The number of carbonyl (C=O) groups is 1. The zero-order chi connectivity index (χ0) is 10.8. The highest BCUT2D eigenvalue weighted by Crippen LogP contribution is 2.42. The molecule has 1 fully saturated rings. The lowest BCUT2D eigenvalue weighted by molar-refractivity contribution is -0.127. The molecule has 15 heavy (non-hydrogen) atoms. The summed E-state index contributed by atoms with van der Waals surface area (Å²) in [7, 11) is 0. The Hall–Kier alpha value is -0.440. The normalized spacial score (nSPS) is 20.7. The average Bonchev–Trinajstić information content (AvgIpc) is 2.76. The molecule has 1 aliphatic heterocycles. The van der Waals surface area contributed by atoms with Crippen LogP contribution in [0.25, 0.3) is 0 Å². The summed E-state index contributed by atoms with van der Waals surface area (Å²) in [6, 6.07) is 4.03. The molecular weight excluding hydrogens is 294 g/mol. The minimum Gasteiger partial charge on any atom is -0.314 e. The SMILES string of the molecule is C#CCN1C(=O)CSC1c1ccc(Br)s1. The summed E-state index contributed by atoms with van der Waals surface area (Å²) >= 11 is 6.70. The van der Waals surface area contributed by atoms with E-state index in [9.17, 15) is 4.79 Å². The third-order valence-corrected chi connectivity index (χ3v) is 5.13. The lowest BCUT2D eigenvalue weighted by Crippen LogP contribution is -2.28. The molecule has 0 spiro atoms. The van der Waals surface area contributed by atoms with E-state index in [1.165, 1.54) is 4.88 Å². The van der Waals surface area contributed by atoms with Gasteiger partial charge >= 0.3 is 0 Å². The standard InChI is InChI=1S/C10H8BrNOS2/c1-2-5-12-9(13)6-14-10(12)7-3-4-8(11)15-7/h1,3-4,10H,5-6H2. The van der Waals surface area contributed by atoms with Crippen molar-refractivity contribution in [2.24, 2.45) is 0 Å². The second kappa shape index (κ2) is 4.60. The van der Waals surface area contributed by atoms with E-state index in [0.717, 1.165) is 3.79 Å². The van der Waals surface area contributed by atoms with Gasteiger partial charge in [0.25, 0.3) is 0 Å². The van der Waals surface area contributed by atoms with Gasteiger partial charge in [0.15, 0.2) is 0 Å². The van der Waals surface area contributed by atoms with Gasteiger partial charge in [-0.15, -0.1) is 29.5 Å². The third kappa shape index (κ3) is 2.22. The van der Waals surface area contributed by atoms with Crippen molar-refractivity contribution in [3.8, 4) is 12.3 Å². The molecule has 0 radical (unpaired) electrons. The van der Waals surface area contributed by atoms with Gasteiger partial charge in [0, 0.05) is 4.88 Å². The lowest BCUT2D eigenvalue weighted by Gasteiger charge is -2.20. The van der Waals surface area contributed by atoms with Crippen LogP contribution in [0.4, 0.5) is 0 Å². The first kappa shape index (κ1) is 11.1. The zero-order valence-corrected chi connectivity index (χ0v) is 11.0. The number of hydrogen-bond donors (Lipinski definition) is 0. The van der Waals surface area contributed by atoms with Crippen molar-refractivity contribution < 1.29 is 4.79 Å². The highest BCUT2D eigenvalue weighted by atomic mass is 79.9. The van der Waals surface area contributed by atoms with E-state index in [1.54, 1.807) is 28.0 Å². The van der Waals surface area contributed by atoms with E-state index in [4.69, 9.17) is 6.42 Å². The zero-order valence-electron chi connectivity index (χ0n) is 7.77. The van der Waals surface area contributed by atoms with E-state index in [2.05, 4.69) is 21.9 Å². The molecule has 1 atom stereocenters. The first-order valence-electron chi connectivity index (χ1n) is 4.32. The van der Waals surface area contributed by atoms with Crippen molar-refractivity contribution in [1.82, 2.24) is 4.90 Å². The van der Waals surface area contributed by atoms with Gasteiger partial charge in [-0.2, -0.15) is 0 Å². The summed E-state index contributed by atoms with van der Waals surface area (Å²) in [5, 5.41) is 0.102. The summed E-state index contributed by atoms with van der Waals surface area (Å²) in [5.41, 5.74) is 0. The number of thiophene rings is 1. The van der Waals surface area contributed by atoms with Crippen LogP contribution in [0.3, 0.4) is 0 Å². The van der Waals surface area contributed by atoms with Gasteiger partial charge in [0.1, 0.15) is 5.37 Å². The van der Waals surface area contributed by atoms with Crippen LogP contribution in [0.2, 0.25) is 0 Å². The number of nitrogens with zero attached hydrogens (tertiary/aromatic N) is 1. The Balaban J connectivity index is 2.22. The van der Waals surface area contributed by atoms with Crippen molar-refractivity contribution >= 4 is 44.9 Å². The van der Waals surface area contributed by atoms with Gasteiger partial charge in [-0.3, -0.25) is 4.79 Å². The molecule has 1 aromatic rings. The molecule has 2 rings (SSSR count). The Morgan fingerprint density at radius 2 is 2.47 bits per heavy atom. The summed E-state index contributed by atoms with van der Waals surface area (Å²) in [5.74, 6) is 3.19. The number of hydrogen-bond acceptors (Lipinski definition) is 3. The molecule has 1 amide bonds. The van der Waals surface area contributed by atoms with Gasteiger partial charge in [-0.05, 0) is 28.1 Å². The number of amides is 1. The fourth-order valence-electron chi connectivity index (χ4n) is 1.42. The van der Waals surface area contributed by atoms with E-state index >= 15 is 0 Å². The molecule has 5 heteroatoms. The van der Waals surface area contributed by atoms with Crippen molar-refractivity contribution in [2.45, 2.75) is 5.37 Å². The fraction of sp³-hybridized carbons (Fsp3) is 0.300. The summed E-state index contributed by atoms with van der Waals surface area (Å²) in [6.07, 6.45) is 5.26. The Kier molecular flexibility index (Phi) is 3.39. The van der Waals surface area contributed by atoms with Gasteiger partial charge in [-0.25, -0.2) is 0 Å². The number of halogens is 1. The molecule has 0 bridgehead atoms. The Morgan fingerprint density at radius 1 is 1.67 bits per heavy atom. The van der Waals surface area contributed by atoms with Crippen LogP contribution in [0.1, 0.15) is 10.3 Å². The molecule has 0 aliphatic carbocycles. The molecule has 0 saturated carbocycles. The van der Waals surface area contributed by atoms with Crippen molar-refractivity contribution in [3.05, 3.63) is 20.8 Å². The smallest absolute Gasteiger partial charge is 0.234 e. The van der Waals surface area contributed by atoms with Crippen molar-refractivity contribution in [2.75, 3.05) is 12.3 Å². The molecule has 2 nitrogen and oxygen atoms in total. The van der Waals surface area contributed by atoms with Crippen LogP contribution in [0.15, 0.2) is 15.9 Å². The van der Waals surface area contributed by atoms with Gasteiger partial charge in [0.2, 0.25) is 5.91 Å². The van der Waals surface area contributed by atoms with Crippen LogP contribution in [0.5, 0.6) is 0 Å². The van der Waals surface area contributed by atoms with Crippen LogP contribution in [-0.4, -0.2) is 23.1 Å². The van der Waals surface area contributed by atoms with Gasteiger partial charge in [0.05, 0.1) is 16.1 Å². The van der Waals surface area contributed by atoms with Crippen LogP contribution in [0, 0.1) is 12.3 Å². The summed E-state index contributed by atoms with van der Waals surface area (Å²) in [6.45, 7) is 0.395. The minimum absolute atomic E-state index is 0.102. The summed E-state index contributed by atoms with van der Waals surface area (Å²) in [4.78, 5) is 14.5. The number of carbonyl (C=O) groups excluding carboxylic acids is 1. The third-order valence-electron chi connectivity index (χ3n) is 2.07. The second-order valence-electron chi connectivity index (χ2n) is 3.03. The maximum absolute atomic E-state index is 11.6. The largest absolute Gasteiger partial charge is 0.314 e. The molecule has 0 aromatic carbocycles. The Morgan fingerprint density at radius 3 is 3.07 bits per heavy atom. The molecule has 78 valence electrons. The predicted molar refractivity (Wildman–Crippen MR) is 67.8 cm³/mol. The Bertz CT molecular complexity index is 423. The molecular formula is C10H8BrNOS2. The number of thioether (sulfide) groups is 1. The maximum atomic E-state index is 11.6. The number of terminal acetylenes is 1. The quantitative estimate of drug-likeness (QED) is 0.783. The topological polar surface area (TPSA) is 20.3 Å². The van der Waals surface area contributed by atoms with Crippen LogP contribution >= 0.6 is 39.0 Å². The minimum atomic E-state index is 0.102. The molecule has 1 aliphatic rings. The monoisotopic (exact) mass is 301 g/mol. The lowest BCUT2D eigenvalue weighted by atomic mass is 10.4. The summed E-state index contributed by atoms with van der Waals surface area (Å²) < 4.78 is 1.08. The Labute approximate surface area is 105 Å². The first-order chi connectivity index (χ1) is 7.22. The van der Waals surface area contributed by atoms with Crippen LogP contribution < -0.4 is 0 Å². The molecule has 1 unspecified atom stereocenters.